The molecule has 3 heteroatoms. The molecule has 0 bridgehead atoms. The van der Waals surface area contributed by atoms with Gasteiger partial charge in [0.15, 0.2) is 0 Å². The van der Waals surface area contributed by atoms with Crippen LogP contribution in [0.2, 0.25) is 0 Å². The normalized spacial score (nSPS) is 24.9. The number of rotatable bonds is 4. The van der Waals surface area contributed by atoms with E-state index >= 15 is 0 Å². The minimum Gasteiger partial charge on any atom is -0.381 e. The van der Waals surface area contributed by atoms with Crippen LogP contribution in [0.4, 0.5) is 5.69 Å². The molecule has 0 aliphatic heterocycles. The molecule has 3 aliphatic rings. The molecule has 0 unspecified atom stereocenters. The summed E-state index contributed by atoms with van der Waals surface area (Å²) in [4.78, 5) is 1.41. The topological polar surface area (TPSA) is 12.0 Å². The fraction of sp³-hybridized carbons (Fsp3) is 0.647. The van der Waals surface area contributed by atoms with Crippen molar-refractivity contribution in [1.82, 2.24) is 0 Å². The standard InChI is InChI=1S/C17H22BrNS/c18-15-11-14(20-13-1-2-13)3-4-16(15)19-12-5-7-17(8-6-12)9-10-17/h3-4,11-13,19H,1-2,5-10H2. The van der Waals surface area contributed by atoms with E-state index < -0.39 is 0 Å². The third kappa shape index (κ3) is 3.04. The molecule has 3 fully saturated rings. The highest BCUT2D eigenvalue weighted by molar-refractivity contribution is 9.10. The van der Waals surface area contributed by atoms with Crippen LogP contribution in [0.5, 0.6) is 0 Å². The van der Waals surface area contributed by atoms with Gasteiger partial charge in [0, 0.05) is 26.3 Å². The maximum absolute atomic E-state index is 3.75. The molecule has 1 aromatic carbocycles. The highest BCUT2D eigenvalue weighted by Gasteiger charge is 2.44. The van der Waals surface area contributed by atoms with Crippen LogP contribution in [0.25, 0.3) is 0 Å². The Bertz CT molecular complexity index is 498. The first kappa shape index (κ1) is 13.5. The average Bonchev–Trinajstić information content (AvgIpc) is 3.35. The van der Waals surface area contributed by atoms with Crippen LogP contribution in [0.15, 0.2) is 27.6 Å². The summed E-state index contributed by atoms with van der Waals surface area (Å²) in [6, 6.07) is 7.51. The summed E-state index contributed by atoms with van der Waals surface area (Å²) < 4.78 is 1.23. The number of hydrogen-bond donors (Lipinski definition) is 1. The number of nitrogens with one attached hydrogen (secondary N) is 1. The number of thioether (sulfide) groups is 1. The second-order valence-corrected chi connectivity index (χ2v) is 9.11. The van der Waals surface area contributed by atoms with Gasteiger partial charge in [-0.15, -0.1) is 11.8 Å². The zero-order valence-corrected chi connectivity index (χ0v) is 14.2. The van der Waals surface area contributed by atoms with E-state index in [1.54, 1.807) is 0 Å². The molecular formula is C17H22BrNS. The Hall–Kier alpha value is -0.150. The van der Waals surface area contributed by atoms with Crippen LogP contribution in [0.1, 0.15) is 51.4 Å². The van der Waals surface area contributed by atoms with Gasteiger partial charge in [-0.2, -0.15) is 0 Å². The first-order chi connectivity index (χ1) is 9.72. The first-order valence-electron chi connectivity index (χ1n) is 7.95. The summed E-state index contributed by atoms with van der Waals surface area (Å²) >= 11 is 5.77. The van der Waals surface area contributed by atoms with Crippen molar-refractivity contribution >= 4 is 33.4 Å². The molecule has 1 aromatic rings. The van der Waals surface area contributed by atoms with Gasteiger partial charge in [0.05, 0.1) is 0 Å². The molecule has 0 saturated heterocycles. The molecule has 108 valence electrons. The highest BCUT2D eigenvalue weighted by Crippen LogP contribution is 2.56. The van der Waals surface area contributed by atoms with Crippen LogP contribution in [-0.4, -0.2) is 11.3 Å². The lowest BCUT2D eigenvalue weighted by atomic mass is 9.83. The largest absolute Gasteiger partial charge is 0.381 e. The van der Waals surface area contributed by atoms with E-state index in [1.807, 2.05) is 11.8 Å². The van der Waals surface area contributed by atoms with Crippen molar-refractivity contribution in [3.05, 3.63) is 22.7 Å². The van der Waals surface area contributed by atoms with Crippen molar-refractivity contribution in [2.45, 2.75) is 67.6 Å². The Morgan fingerprint density at radius 3 is 2.40 bits per heavy atom. The number of halogens is 1. The Kier molecular flexibility index (Phi) is 3.54. The van der Waals surface area contributed by atoms with E-state index in [0.717, 1.165) is 10.7 Å². The van der Waals surface area contributed by atoms with Crippen molar-refractivity contribution in [2.24, 2.45) is 5.41 Å². The minimum absolute atomic E-state index is 0.680. The van der Waals surface area contributed by atoms with E-state index in [1.165, 1.54) is 66.4 Å². The van der Waals surface area contributed by atoms with Crippen molar-refractivity contribution in [3.63, 3.8) is 0 Å². The second kappa shape index (κ2) is 5.24. The number of benzene rings is 1. The van der Waals surface area contributed by atoms with E-state index in [0.29, 0.717) is 6.04 Å². The molecule has 0 heterocycles. The summed E-state index contributed by atoms with van der Waals surface area (Å²) in [7, 11) is 0. The van der Waals surface area contributed by atoms with Crippen LogP contribution >= 0.6 is 27.7 Å². The summed E-state index contributed by atoms with van der Waals surface area (Å²) in [5.74, 6) is 0. The molecule has 0 atom stereocenters. The number of hydrogen-bond acceptors (Lipinski definition) is 2. The predicted molar refractivity (Wildman–Crippen MR) is 90.6 cm³/mol. The number of anilines is 1. The molecule has 3 saturated carbocycles. The van der Waals surface area contributed by atoms with E-state index in [9.17, 15) is 0 Å². The fourth-order valence-electron chi connectivity index (χ4n) is 3.34. The van der Waals surface area contributed by atoms with E-state index in [4.69, 9.17) is 0 Å². The maximum atomic E-state index is 3.75. The van der Waals surface area contributed by atoms with E-state index in [-0.39, 0.29) is 0 Å². The van der Waals surface area contributed by atoms with Crippen molar-refractivity contribution < 1.29 is 0 Å². The van der Waals surface area contributed by atoms with Gasteiger partial charge in [-0.25, -0.2) is 0 Å². The van der Waals surface area contributed by atoms with Crippen LogP contribution < -0.4 is 5.32 Å². The third-order valence-electron chi connectivity index (χ3n) is 5.13. The zero-order valence-electron chi connectivity index (χ0n) is 11.8. The quantitative estimate of drug-likeness (QED) is 0.731. The first-order valence-corrected chi connectivity index (χ1v) is 9.63. The summed E-state index contributed by atoms with van der Waals surface area (Å²) in [5.41, 5.74) is 2.07. The molecule has 1 nitrogen and oxygen atoms in total. The second-order valence-electron chi connectivity index (χ2n) is 6.88. The Morgan fingerprint density at radius 2 is 1.80 bits per heavy atom. The highest BCUT2D eigenvalue weighted by atomic mass is 79.9. The molecule has 20 heavy (non-hydrogen) atoms. The van der Waals surface area contributed by atoms with Gasteiger partial charge in [-0.1, -0.05) is 0 Å². The minimum atomic E-state index is 0.680. The zero-order chi connectivity index (χ0) is 13.6. The Labute approximate surface area is 134 Å². The third-order valence-corrected chi connectivity index (χ3v) is 7.12. The SMILES string of the molecule is Brc1cc(SC2CC2)ccc1NC1CCC2(CC1)CC2. The van der Waals surface area contributed by atoms with Crippen molar-refractivity contribution in [3.8, 4) is 0 Å². The van der Waals surface area contributed by atoms with Crippen molar-refractivity contribution in [1.29, 1.82) is 0 Å². The van der Waals surface area contributed by atoms with Gasteiger partial charge in [0.2, 0.25) is 0 Å². The van der Waals surface area contributed by atoms with Gasteiger partial charge in [0.1, 0.15) is 0 Å². The van der Waals surface area contributed by atoms with Crippen molar-refractivity contribution in [2.75, 3.05) is 5.32 Å². The van der Waals surface area contributed by atoms with Gasteiger partial charge in [0.25, 0.3) is 0 Å². The molecule has 1 spiro atoms. The average molecular weight is 352 g/mol. The Morgan fingerprint density at radius 1 is 1.05 bits per heavy atom. The lowest BCUT2D eigenvalue weighted by Crippen LogP contribution is -2.26. The Balaban J connectivity index is 1.37. The van der Waals surface area contributed by atoms with E-state index in [2.05, 4.69) is 39.4 Å². The lowest BCUT2D eigenvalue weighted by Gasteiger charge is -2.30. The summed E-state index contributed by atoms with van der Waals surface area (Å²) in [6.45, 7) is 0. The lowest BCUT2D eigenvalue weighted by molar-refractivity contribution is 0.317. The molecule has 1 N–H and O–H groups in total. The van der Waals surface area contributed by atoms with Crippen LogP contribution in [0, 0.1) is 5.41 Å². The molecule has 0 amide bonds. The molecular weight excluding hydrogens is 330 g/mol. The fourth-order valence-corrected chi connectivity index (χ4v) is 5.07. The maximum Gasteiger partial charge on any atom is 0.0487 e. The monoisotopic (exact) mass is 351 g/mol. The van der Waals surface area contributed by atoms with Gasteiger partial charge in [-0.05, 0) is 90.9 Å². The smallest absolute Gasteiger partial charge is 0.0487 e. The molecule has 0 radical (unpaired) electrons. The summed E-state index contributed by atoms with van der Waals surface area (Å²) in [5, 5.41) is 4.64. The molecule has 3 aliphatic carbocycles. The van der Waals surface area contributed by atoms with Crippen LogP contribution in [0.3, 0.4) is 0 Å². The predicted octanol–water partition coefficient (Wildman–Crippen LogP) is 5.84. The molecule has 0 aromatic heterocycles. The van der Waals surface area contributed by atoms with Gasteiger partial charge in [-0.3, -0.25) is 0 Å². The van der Waals surface area contributed by atoms with Gasteiger partial charge >= 0.3 is 0 Å². The molecule has 4 rings (SSSR count). The summed E-state index contributed by atoms with van der Waals surface area (Å²) in [6.07, 6.45) is 11.4. The van der Waals surface area contributed by atoms with Crippen LogP contribution in [-0.2, 0) is 0 Å². The van der Waals surface area contributed by atoms with Gasteiger partial charge < -0.3 is 5.32 Å².